The molecule has 0 aliphatic heterocycles. The zero-order chi connectivity index (χ0) is 14.7. The summed E-state index contributed by atoms with van der Waals surface area (Å²) in [5.41, 5.74) is 1.78. The molecule has 6 heteroatoms. The van der Waals surface area contributed by atoms with Crippen molar-refractivity contribution in [3.05, 3.63) is 62.1 Å². The predicted molar refractivity (Wildman–Crippen MR) is 84.7 cm³/mol. The summed E-state index contributed by atoms with van der Waals surface area (Å²) in [6.07, 6.45) is 0. The molecule has 4 nitrogen and oxygen atoms in total. The molecule has 0 unspecified atom stereocenters. The van der Waals surface area contributed by atoms with Crippen LogP contribution in [-0.2, 0) is 5.33 Å². The number of benzene rings is 2. The topological polar surface area (TPSA) is 52.4 Å². The Labute approximate surface area is 133 Å². The summed E-state index contributed by atoms with van der Waals surface area (Å²) in [6, 6.07) is 10.3. The first-order valence-corrected chi connectivity index (χ1v) is 7.70. The highest BCUT2D eigenvalue weighted by Crippen LogP contribution is 2.35. The average Bonchev–Trinajstić information content (AvgIpc) is 2.40. The highest BCUT2D eigenvalue weighted by Gasteiger charge is 2.17. The van der Waals surface area contributed by atoms with Crippen LogP contribution in [0.1, 0.15) is 11.1 Å². The van der Waals surface area contributed by atoms with E-state index in [9.17, 15) is 10.1 Å². The Kier molecular flexibility index (Phi) is 4.77. The molecule has 2 aromatic carbocycles. The number of halogens is 2. The third-order valence-electron chi connectivity index (χ3n) is 2.70. The van der Waals surface area contributed by atoms with Crippen LogP contribution in [0.5, 0.6) is 11.5 Å². The van der Waals surface area contributed by atoms with Gasteiger partial charge in [-0.05, 0) is 36.8 Å². The Morgan fingerprint density at radius 1 is 1.20 bits per heavy atom. The third-order valence-corrected chi connectivity index (χ3v) is 3.80. The van der Waals surface area contributed by atoms with E-state index in [4.69, 9.17) is 4.74 Å². The van der Waals surface area contributed by atoms with Gasteiger partial charge < -0.3 is 4.74 Å². The van der Waals surface area contributed by atoms with Crippen molar-refractivity contribution in [2.45, 2.75) is 12.3 Å². The summed E-state index contributed by atoms with van der Waals surface area (Å²) >= 11 is 6.77. The van der Waals surface area contributed by atoms with Gasteiger partial charge >= 0.3 is 5.69 Å². The molecule has 0 amide bonds. The molecule has 0 fully saturated rings. The van der Waals surface area contributed by atoms with Crippen molar-refractivity contribution in [1.29, 1.82) is 0 Å². The molecule has 0 aliphatic rings. The van der Waals surface area contributed by atoms with Gasteiger partial charge in [-0.25, -0.2) is 0 Å². The minimum atomic E-state index is -0.443. The molecule has 0 bridgehead atoms. The number of nitro benzene ring substituents is 1. The molecule has 0 radical (unpaired) electrons. The number of nitrogens with zero attached hydrogens (tertiary/aromatic N) is 1. The Bertz CT molecular complexity index is 659. The van der Waals surface area contributed by atoms with E-state index in [-0.39, 0.29) is 11.4 Å². The van der Waals surface area contributed by atoms with Crippen LogP contribution in [0.4, 0.5) is 5.69 Å². The normalized spacial score (nSPS) is 10.3. The van der Waals surface area contributed by atoms with Crippen molar-refractivity contribution in [3.63, 3.8) is 0 Å². The van der Waals surface area contributed by atoms with E-state index in [1.165, 1.54) is 6.07 Å². The maximum atomic E-state index is 11.0. The fourth-order valence-corrected chi connectivity index (χ4v) is 2.57. The average molecular weight is 401 g/mol. The van der Waals surface area contributed by atoms with Crippen molar-refractivity contribution in [1.82, 2.24) is 0 Å². The van der Waals surface area contributed by atoms with Gasteiger partial charge in [0.25, 0.3) is 0 Å². The number of nitro groups is 1. The minimum absolute atomic E-state index is 0.0426. The molecule has 0 heterocycles. The molecule has 2 rings (SSSR count). The van der Waals surface area contributed by atoms with Crippen LogP contribution >= 0.6 is 31.9 Å². The van der Waals surface area contributed by atoms with Gasteiger partial charge in [-0.1, -0.05) is 37.9 Å². The largest absolute Gasteiger partial charge is 0.450 e. The van der Waals surface area contributed by atoms with E-state index in [2.05, 4.69) is 31.9 Å². The highest BCUT2D eigenvalue weighted by molar-refractivity contribution is 9.10. The zero-order valence-corrected chi connectivity index (χ0v) is 13.8. The summed E-state index contributed by atoms with van der Waals surface area (Å²) in [4.78, 5) is 10.6. The summed E-state index contributed by atoms with van der Waals surface area (Å²) in [5.74, 6) is 0.846. The Morgan fingerprint density at radius 2 is 1.95 bits per heavy atom. The lowest BCUT2D eigenvalue weighted by atomic mass is 10.2. The number of aryl methyl sites for hydroxylation is 1. The number of alkyl halides is 1. The maximum Gasteiger partial charge on any atom is 0.311 e. The quantitative estimate of drug-likeness (QED) is 0.394. The molecule has 0 atom stereocenters. The Balaban J connectivity index is 2.44. The van der Waals surface area contributed by atoms with Gasteiger partial charge in [0.05, 0.1) is 4.92 Å². The second kappa shape index (κ2) is 6.37. The monoisotopic (exact) mass is 399 g/mol. The molecular formula is C14H11Br2NO3. The first-order chi connectivity index (χ1) is 9.51. The van der Waals surface area contributed by atoms with Crippen LogP contribution in [0, 0.1) is 17.0 Å². The van der Waals surface area contributed by atoms with Gasteiger partial charge in [-0.2, -0.15) is 0 Å². The van der Waals surface area contributed by atoms with Gasteiger partial charge in [-0.3, -0.25) is 10.1 Å². The standard InChI is InChI=1S/C14H11Br2NO3/c1-9-2-4-12(17(18)19)14(6-9)20-13-5-3-11(16)7-10(13)8-15/h2-7H,8H2,1H3. The van der Waals surface area contributed by atoms with Crippen molar-refractivity contribution in [3.8, 4) is 11.5 Å². The van der Waals surface area contributed by atoms with Gasteiger partial charge in [0.2, 0.25) is 5.75 Å². The third kappa shape index (κ3) is 3.37. The summed E-state index contributed by atoms with van der Waals surface area (Å²) < 4.78 is 6.66. The minimum Gasteiger partial charge on any atom is -0.450 e. The van der Waals surface area contributed by atoms with Crippen molar-refractivity contribution in [2.24, 2.45) is 0 Å². The SMILES string of the molecule is Cc1ccc([N+](=O)[O-])c(Oc2ccc(Br)cc2CBr)c1. The smallest absolute Gasteiger partial charge is 0.311 e. The molecule has 0 spiro atoms. The van der Waals surface area contributed by atoms with Crippen molar-refractivity contribution >= 4 is 37.5 Å². The van der Waals surface area contributed by atoms with E-state index in [1.54, 1.807) is 18.2 Å². The number of ether oxygens (including phenoxy) is 1. The van der Waals surface area contributed by atoms with E-state index in [1.807, 2.05) is 19.1 Å². The van der Waals surface area contributed by atoms with Crippen LogP contribution in [0.3, 0.4) is 0 Å². The van der Waals surface area contributed by atoms with Crippen LogP contribution in [0.25, 0.3) is 0 Å². The predicted octanol–water partition coefficient (Wildman–Crippen LogP) is 5.35. The molecule has 0 N–H and O–H groups in total. The fraction of sp³-hybridized carbons (Fsp3) is 0.143. The van der Waals surface area contributed by atoms with E-state index < -0.39 is 4.92 Å². The molecule has 104 valence electrons. The molecule has 0 saturated carbocycles. The zero-order valence-electron chi connectivity index (χ0n) is 10.6. The van der Waals surface area contributed by atoms with E-state index in [0.29, 0.717) is 11.1 Å². The van der Waals surface area contributed by atoms with Crippen LogP contribution in [0.2, 0.25) is 0 Å². The maximum absolute atomic E-state index is 11.0. The molecule has 0 saturated heterocycles. The Hall–Kier alpha value is -1.40. The van der Waals surface area contributed by atoms with E-state index in [0.717, 1.165) is 15.6 Å². The summed E-state index contributed by atoms with van der Waals surface area (Å²) in [5, 5.41) is 11.6. The first kappa shape index (κ1) is 15.0. The molecule has 2 aromatic rings. The lowest BCUT2D eigenvalue weighted by molar-refractivity contribution is -0.385. The fourth-order valence-electron chi connectivity index (χ4n) is 1.72. The second-order valence-corrected chi connectivity index (χ2v) is 5.69. The number of hydrogen-bond acceptors (Lipinski definition) is 3. The summed E-state index contributed by atoms with van der Waals surface area (Å²) in [7, 11) is 0. The van der Waals surface area contributed by atoms with Gasteiger partial charge in [-0.15, -0.1) is 0 Å². The van der Waals surface area contributed by atoms with Crippen LogP contribution < -0.4 is 4.74 Å². The molecule has 20 heavy (non-hydrogen) atoms. The van der Waals surface area contributed by atoms with Crippen LogP contribution in [0.15, 0.2) is 40.9 Å². The lowest BCUT2D eigenvalue weighted by Crippen LogP contribution is -1.96. The molecular weight excluding hydrogens is 390 g/mol. The van der Waals surface area contributed by atoms with Gasteiger partial charge in [0.1, 0.15) is 5.75 Å². The van der Waals surface area contributed by atoms with Crippen molar-refractivity contribution in [2.75, 3.05) is 0 Å². The number of rotatable bonds is 4. The molecule has 0 aromatic heterocycles. The van der Waals surface area contributed by atoms with Gasteiger partial charge in [0.15, 0.2) is 0 Å². The van der Waals surface area contributed by atoms with Crippen LogP contribution in [-0.4, -0.2) is 4.92 Å². The van der Waals surface area contributed by atoms with Gasteiger partial charge in [0, 0.05) is 21.4 Å². The lowest BCUT2D eigenvalue weighted by Gasteiger charge is -2.11. The van der Waals surface area contributed by atoms with E-state index >= 15 is 0 Å². The highest BCUT2D eigenvalue weighted by atomic mass is 79.9. The van der Waals surface area contributed by atoms with Crippen molar-refractivity contribution < 1.29 is 9.66 Å². The Morgan fingerprint density at radius 3 is 2.60 bits per heavy atom. The molecule has 0 aliphatic carbocycles. The first-order valence-electron chi connectivity index (χ1n) is 5.78. The number of hydrogen-bond donors (Lipinski definition) is 0. The second-order valence-electron chi connectivity index (χ2n) is 4.22. The summed E-state index contributed by atoms with van der Waals surface area (Å²) in [6.45, 7) is 1.86.